The molecular formula is C19H20N4O3S3. The van der Waals surface area contributed by atoms with Gasteiger partial charge in [0.1, 0.15) is 0 Å². The van der Waals surface area contributed by atoms with Crippen molar-refractivity contribution in [3.63, 3.8) is 0 Å². The molecule has 1 amide bonds. The van der Waals surface area contributed by atoms with Crippen molar-refractivity contribution in [2.75, 3.05) is 19.4 Å². The van der Waals surface area contributed by atoms with Gasteiger partial charge < -0.3 is 0 Å². The zero-order valence-electron chi connectivity index (χ0n) is 16.1. The number of nitrogens with one attached hydrogen (secondary N) is 1. The second kappa shape index (κ2) is 9.04. The number of hydrogen-bond donors (Lipinski definition) is 1. The minimum Gasteiger partial charge on any atom is -0.296 e. The van der Waals surface area contributed by atoms with Crippen molar-refractivity contribution in [2.45, 2.75) is 21.9 Å². The Bertz CT molecular complexity index is 1110. The second-order valence-corrected chi connectivity index (χ2v) is 10.8. The average Bonchev–Trinajstić information content (AvgIpc) is 3.15. The van der Waals surface area contributed by atoms with Crippen LogP contribution in [-0.2, 0) is 15.8 Å². The van der Waals surface area contributed by atoms with Crippen molar-refractivity contribution in [3.05, 3.63) is 65.2 Å². The molecule has 3 rings (SSSR count). The molecule has 7 nitrogen and oxygen atoms in total. The number of anilines is 1. The van der Waals surface area contributed by atoms with Gasteiger partial charge in [-0.15, -0.1) is 10.2 Å². The zero-order valence-corrected chi connectivity index (χ0v) is 18.6. The van der Waals surface area contributed by atoms with E-state index in [1.54, 1.807) is 17.8 Å². The Balaban J connectivity index is 1.65. The summed E-state index contributed by atoms with van der Waals surface area (Å²) in [5.41, 5.74) is 2.62. The highest BCUT2D eigenvalue weighted by molar-refractivity contribution is 8.00. The van der Waals surface area contributed by atoms with Gasteiger partial charge in [0.2, 0.25) is 15.2 Å². The molecule has 1 N–H and O–H groups in total. The monoisotopic (exact) mass is 448 g/mol. The van der Waals surface area contributed by atoms with Crippen molar-refractivity contribution in [1.29, 1.82) is 0 Å². The highest BCUT2D eigenvalue weighted by atomic mass is 32.2. The molecule has 1 heterocycles. The number of nitrogens with zero attached hydrogens (tertiary/aromatic N) is 3. The smallest absolute Gasteiger partial charge is 0.257 e. The first-order valence-electron chi connectivity index (χ1n) is 8.61. The Morgan fingerprint density at radius 1 is 1.14 bits per heavy atom. The fraction of sp³-hybridized carbons (Fsp3) is 0.211. The third-order valence-corrected chi connectivity index (χ3v) is 7.84. The highest BCUT2D eigenvalue weighted by Crippen LogP contribution is 2.28. The van der Waals surface area contributed by atoms with E-state index in [1.165, 1.54) is 54.8 Å². The fourth-order valence-electron chi connectivity index (χ4n) is 2.33. The summed E-state index contributed by atoms with van der Waals surface area (Å²) in [6.45, 7) is 2.04. The normalized spacial score (nSPS) is 11.6. The lowest BCUT2D eigenvalue weighted by Gasteiger charge is -2.12. The molecule has 29 heavy (non-hydrogen) atoms. The summed E-state index contributed by atoms with van der Waals surface area (Å²) >= 11 is 2.82. The van der Waals surface area contributed by atoms with Gasteiger partial charge in [-0.3, -0.25) is 10.1 Å². The van der Waals surface area contributed by atoms with Gasteiger partial charge in [0, 0.05) is 25.4 Å². The molecular weight excluding hydrogens is 428 g/mol. The summed E-state index contributed by atoms with van der Waals surface area (Å²) in [7, 11) is -0.726. The van der Waals surface area contributed by atoms with Crippen LogP contribution < -0.4 is 5.32 Å². The number of rotatable bonds is 7. The second-order valence-electron chi connectivity index (χ2n) is 6.42. The lowest BCUT2D eigenvalue weighted by molar-refractivity contribution is 0.102. The minimum atomic E-state index is -3.61. The van der Waals surface area contributed by atoms with E-state index >= 15 is 0 Å². The summed E-state index contributed by atoms with van der Waals surface area (Å²) in [4.78, 5) is 12.6. The number of carbonyl (C=O) groups is 1. The highest BCUT2D eigenvalue weighted by Gasteiger charge is 2.19. The lowest BCUT2D eigenvalue weighted by Crippen LogP contribution is -2.22. The Hall–Kier alpha value is -2.27. The van der Waals surface area contributed by atoms with Crippen LogP contribution in [0.15, 0.2) is 57.8 Å². The molecule has 152 valence electrons. The number of sulfonamides is 1. The number of aryl methyl sites for hydroxylation is 1. The van der Waals surface area contributed by atoms with E-state index in [-0.39, 0.29) is 10.5 Å². The molecule has 0 aliphatic carbocycles. The molecule has 0 aliphatic rings. The standard InChI is InChI=1S/C19H20N4O3S3/c1-13-7-9-14(10-8-13)12-27-19-22-21-18(28-19)20-17(24)15-5-4-6-16(11-15)29(25,26)23(2)3/h4-11H,12H2,1-3H3,(H,20,21,24). The summed E-state index contributed by atoms with van der Waals surface area (Å²) in [5.74, 6) is 0.319. The number of thioether (sulfide) groups is 1. The van der Waals surface area contributed by atoms with Crippen LogP contribution >= 0.6 is 23.1 Å². The Kier molecular flexibility index (Phi) is 6.68. The maximum Gasteiger partial charge on any atom is 0.257 e. The van der Waals surface area contributed by atoms with Gasteiger partial charge in [-0.2, -0.15) is 0 Å². The fourth-order valence-corrected chi connectivity index (χ4v) is 4.98. The quantitative estimate of drug-likeness (QED) is 0.438. The van der Waals surface area contributed by atoms with Gasteiger partial charge in [-0.05, 0) is 30.7 Å². The molecule has 2 aromatic carbocycles. The number of hydrogen-bond acceptors (Lipinski definition) is 7. The molecule has 0 atom stereocenters. The molecule has 10 heteroatoms. The Morgan fingerprint density at radius 2 is 1.86 bits per heavy atom. The first kappa shape index (κ1) is 21.4. The van der Waals surface area contributed by atoms with Gasteiger partial charge >= 0.3 is 0 Å². The summed E-state index contributed by atoms with van der Waals surface area (Å²) < 4.78 is 26.3. The van der Waals surface area contributed by atoms with Gasteiger partial charge in [0.25, 0.3) is 5.91 Å². The third-order valence-electron chi connectivity index (χ3n) is 3.98. The Morgan fingerprint density at radius 3 is 2.55 bits per heavy atom. The topological polar surface area (TPSA) is 92.3 Å². The minimum absolute atomic E-state index is 0.0572. The molecule has 0 saturated carbocycles. The van der Waals surface area contributed by atoms with Crippen LogP contribution in [0.1, 0.15) is 21.5 Å². The van der Waals surface area contributed by atoms with Crippen LogP contribution in [0.5, 0.6) is 0 Å². The lowest BCUT2D eigenvalue weighted by atomic mass is 10.2. The number of aromatic nitrogens is 2. The third kappa shape index (κ3) is 5.41. The molecule has 0 spiro atoms. The van der Waals surface area contributed by atoms with Gasteiger partial charge in [0.15, 0.2) is 4.34 Å². The molecule has 0 unspecified atom stereocenters. The van der Waals surface area contributed by atoms with Gasteiger partial charge in [-0.1, -0.05) is 59.0 Å². The molecule has 0 radical (unpaired) electrons. The van der Waals surface area contributed by atoms with Crippen LogP contribution in [0.25, 0.3) is 0 Å². The first-order chi connectivity index (χ1) is 13.8. The zero-order chi connectivity index (χ0) is 21.0. The molecule has 1 aromatic heterocycles. The van der Waals surface area contributed by atoms with Crippen LogP contribution in [0.3, 0.4) is 0 Å². The van der Waals surface area contributed by atoms with E-state index in [0.29, 0.717) is 5.13 Å². The maximum absolute atomic E-state index is 12.5. The van der Waals surface area contributed by atoms with E-state index in [2.05, 4.69) is 39.8 Å². The van der Waals surface area contributed by atoms with Crippen molar-refractivity contribution in [1.82, 2.24) is 14.5 Å². The predicted octanol–water partition coefficient (Wildman–Crippen LogP) is 3.64. The molecule has 0 aliphatic heterocycles. The van der Waals surface area contributed by atoms with Gasteiger partial charge in [-0.25, -0.2) is 12.7 Å². The molecule has 0 fully saturated rings. The molecule has 3 aromatic rings. The SMILES string of the molecule is Cc1ccc(CSc2nnc(NC(=O)c3cccc(S(=O)(=O)N(C)C)c3)s2)cc1. The largest absolute Gasteiger partial charge is 0.296 e. The van der Waals surface area contributed by atoms with E-state index in [4.69, 9.17) is 0 Å². The van der Waals surface area contributed by atoms with Crippen LogP contribution in [0, 0.1) is 6.92 Å². The average molecular weight is 449 g/mol. The van der Waals surface area contributed by atoms with Crippen LogP contribution in [0.2, 0.25) is 0 Å². The summed E-state index contributed by atoms with van der Waals surface area (Å²) in [6, 6.07) is 14.2. The van der Waals surface area contributed by atoms with Crippen molar-refractivity contribution >= 4 is 44.2 Å². The number of carbonyl (C=O) groups excluding carboxylic acids is 1. The Labute approximate surface area is 178 Å². The van der Waals surface area contributed by atoms with Crippen molar-refractivity contribution in [2.24, 2.45) is 0 Å². The van der Waals surface area contributed by atoms with E-state index < -0.39 is 15.9 Å². The first-order valence-corrected chi connectivity index (χ1v) is 11.9. The maximum atomic E-state index is 12.5. The molecule has 0 bridgehead atoms. The van der Waals surface area contributed by atoms with Crippen molar-refractivity contribution < 1.29 is 13.2 Å². The summed E-state index contributed by atoms with van der Waals surface area (Å²) in [5, 5.41) is 11.1. The number of amides is 1. The molecule has 0 saturated heterocycles. The summed E-state index contributed by atoms with van der Waals surface area (Å²) in [6.07, 6.45) is 0. The van der Waals surface area contributed by atoms with Crippen molar-refractivity contribution in [3.8, 4) is 0 Å². The predicted molar refractivity (Wildman–Crippen MR) is 116 cm³/mol. The van der Waals surface area contributed by atoms with Crippen LogP contribution in [0.4, 0.5) is 5.13 Å². The van der Waals surface area contributed by atoms with E-state index in [1.807, 2.05) is 6.92 Å². The van der Waals surface area contributed by atoms with E-state index in [9.17, 15) is 13.2 Å². The number of benzene rings is 2. The van der Waals surface area contributed by atoms with Gasteiger partial charge in [0.05, 0.1) is 4.90 Å². The van der Waals surface area contributed by atoms with E-state index in [0.717, 1.165) is 14.4 Å². The van der Waals surface area contributed by atoms with Crippen LogP contribution in [-0.4, -0.2) is 42.9 Å².